The molecule has 2 aromatic rings. The number of aliphatic hydroxyl groups excluding tert-OH is 1. The van der Waals surface area contributed by atoms with Crippen molar-refractivity contribution in [1.82, 2.24) is 10.2 Å². The summed E-state index contributed by atoms with van der Waals surface area (Å²) < 4.78 is 0. The number of nitrogens with one attached hydrogen (secondary N) is 2. The largest absolute Gasteiger partial charge is 0.393 e. The Hall–Kier alpha value is -2.37. The van der Waals surface area contributed by atoms with Crippen LogP contribution in [0.1, 0.15) is 41.5 Å². The first-order chi connectivity index (χ1) is 13.7. The van der Waals surface area contributed by atoms with Crippen molar-refractivity contribution in [3.63, 3.8) is 0 Å². The average Bonchev–Trinajstić information content (AvgIpc) is 3.17. The third-order valence-corrected chi connectivity index (χ3v) is 5.87. The van der Waals surface area contributed by atoms with Crippen LogP contribution in [0, 0.1) is 0 Å². The summed E-state index contributed by atoms with van der Waals surface area (Å²) >= 11 is 0. The van der Waals surface area contributed by atoms with Gasteiger partial charge in [0.25, 0.3) is 0 Å². The van der Waals surface area contributed by atoms with Crippen molar-refractivity contribution in [2.75, 3.05) is 18.4 Å². The van der Waals surface area contributed by atoms with Gasteiger partial charge in [-0.25, -0.2) is 4.79 Å². The quantitative estimate of drug-likeness (QED) is 0.745. The molecule has 2 amide bonds. The van der Waals surface area contributed by atoms with E-state index >= 15 is 0 Å². The molecule has 1 aliphatic heterocycles. The van der Waals surface area contributed by atoms with Gasteiger partial charge in [0.15, 0.2) is 0 Å². The second-order valence-corrected chi connectivity index (χ2v) is 7.92. The first-order valence-electron chi connectivity index (χ1n) is 10.3. The second kappa shape index (κ2) is 8.76. The Bertz CT molecular complexity index is 828. The van der Waals surface area contributed by atoms with Crippen LogP contribution in [0.3, 0.4) is 0 Å². The van der Waals surface area contributed by atoms with Crippen LogP contribution in [-0.2, 0) is 25.9 Å². The summed E-state index contributed by atoms with van der Waals surface area (Å²) in [5.74, 6) is 0. The number of nitrogens with zero attached hydrogens (tertiary/aromatic N) is 1. The lowest BCUT2D eigenvalue weighted by molar-refractivity contribution is 0.0791. The van der Waals surface area contributed by atoms with E-state index in [1.165, 1.54) is 23.1 Å². The highest BCUT2D eigenvalue weighted by molar-refractivity contribution is 5.89. The Morgan fingerprint density at radius 3 is 2.61 bits per heavy atom. The van der Waals surface area contributed by atoms with Crippen LogP contribution >= 0.6 is 0 Å². The number of amides is 2. The molecule has 0 unspecified atom stereocenters. The second-order valence-electron chi connectivity index (χ2n) is 7.92. The van der Waals surface area contributed by atoms with Gasteiger partial charge in [-0.3, -0.25) is 4.90 Å². The fourth-order valence-electron chi connectivity index (χ4n) is 4.20. The van der Waals surface area contributed by atoms with E-state index in [9.17, 15) is 9.90 Å². The summed E-state index contributed by atoms with van der Waals surface area (Å²) in [4.78, 5) is 14.7. The molecule has 0 aromatic heterocycles. The molecule has 1 saturated heterocycles. The zero-order valence-electron chi connectivity index (χ0n) is 16.3. The normalized spacial score (nSPS) is 17.3. The monoisotopic (exact) mass is 379 g/mol. The summed E-state index contributed by atoms with van der Waals surface area (Å²) in [7, 11) is 0. The fourth-order valence-corrected chi connectivity index (χ4v) is 4.20. The first kappa shape index (κ1) is 19.0. The smallest absolute Gasteiger partial charge is 0.319 e. The van der Waals surface area contributed by atoms with E-state index in [-0.39, 0.29) is 12.1 Å². The Balaban J connectivity index is 1.32. The molecule has 0 bridgehead atoms. The highest BCUT2D eigenvalue weighted by Crippen LogP contribution is 2.25. The van der Waals surface area contributed by atoms with Crippen molar-refractivity contribution in [2.24, 2.45) is 0 Å². The lowest BCUT2D eigenvalue weighted by Crippen LogP contribution is -2.35. The highest BCUT2D eigenvalue weighted by Gasteiger charge is 2.18. The maximum absolute atomic E-state index is 12.4. The SMILES string of the molecule is O=C(NCc1ccccc1CN1CCC(O)CC1)Nc1ccc2c(c1)CCC2. The number of hydrogen-bond donors (Lipinski definition) is 3. The zero-order valence-corrected chi connectivity index (χ0v) is 16.3. The summed E-state index contributed by atoms with van der Waals surface area (Å²) in [6.07, 6.45) is 4.98. The molecule has 148 valence electrons. The van der Waals surface area contributed by atoms with Gasteiger partial charge in [0.05, 0.1) is 6.10 Å². The topological polar surface area (TPSA) is 64.6 Å². The van der Waals surface area contributed by atoms with E-state index in [0.717, 1.165) is 56.6 Å². The third kappa shape index (κ3) is 4.72. The number of carbonyl (C=O) groups excluding carboxylic acids is 1. The molecule has 1 aliphatic carbocycles. The summed E-state index contributed by atoms with van der Waals surface area (Å²) in [6.45, 7) is 3.20. The summed E-state index contributed by atoms with van der Waals surface area (Å²) in [5.41, 5.74) is 5.99. The van der Waals surface area contributed by atoms with Crippen molar-refractivity contribution >= 4 is 11.7 Å². The van der Waals surface area contributed by atoms with Gasteiger partial charge in [-0.05, 0) is 66.5 Å². The number of piperidine rings is 1. The van der Waals surface area contributed by atoms with Crippen molar-refractivity contribution in [3.8, 4) is 0 Å². The van der Waals surface area contributed by atoms with Gasteiger partial charge in [-0.2, -0.15) is 0 Å². The van der Waals surface area contributed by atoms with Gasteiger partial charge in [0.2, 0.25) is 0 Å². The van der Waals surface area contributed by atoms with Gasteiger partial charge < -0.3 is 15.7 Å². The van der Waals surface area contributed by atoms with Crippen LogP contribution in [0.2, 0.25) is 0 Å². The molecule has 0 spiro atoms. The zero-order chi connectivity index (χ0) is 19.3. The molecule has 2 aromatic carbocycles. The minimum atomic E-state index is -0.172. The Kier molecular flexibility index (Phi) is 5.93. The predicted octanol–water partition coefficient (Wildman–Crippen LogP) is 3.45. The van der Waals surface area contributed by atoms with E-state index in [1.54, 1.807) is 0 Å². The molecular formula is C23H29N3O2. The molecule has 1 heterocycles. The summed E-state index contributed by atoms with van der Waals surface area (Å²) in [5, 5.41) is 15.6. The van der Waals surface area contributed by atoms with Crippen molar-refractivity contribution in [2.45, 2.75) is 51.3 Å². The number of aliphatic hydroxyl groups is 1. The van der Waals surface area contributed by atoms with Crippen LogP contribution in [0.5, 0.6) is 0 Å². The van der Waals surface area contributed by atoms with E-state index in [1.807, 2.05) is 18.2 Å². The molecule has 28 heavy (non-hydrogen) atoms. The van der Waals surface area contributed by atoms with Crippen LogP contribution in [0.25, 0.3) is 0 Å². The van der Waals surface area contributed by atoms with Crippen molar-refractivity contribution in [1.29, 1.82) is 0 Å². The van der Waals surface area contributed by atoms with Crippen LogP contribution in [0.4, 0.5) is 10.5 Å². The Labute approximate surface area is 166 Å². The number of anilines is 1. The molecule has 5 heteroatoms. The molecule has 5 nitrogen and oxygen atoms in total. The van der Waals surface area contributed by atoms with Gasteiger partial charge in [0, 0.05) is 31.9 Å². The molecule has 3 N–H and O–H groups in total. The Morgan fingerprint density at radius 2 is 1.79 bits per heavy atom. The highest BCUT2D eigenvalue weighted by atomic mass is 16.3. The van der Waals surface area contributed by atoms with E-state index < -0.39 is 0 Å². The number of urea groups is 1. The molecule has 0 atom stereocenters. The molecule has 0 radical (unpaired) electrons. The number of hydrogen-bond acceptors (Lipinski definition) is 3. The number of benzene rings is 2. The van der Waals surface area contributed by atoms with E-state index in [0.29, 0.717) is 6.54 Å². The Morgan fingerprint density at radius 1 is 1.04 bits per heavy atom. The fraction of sp³-hybridized carbons (Fsp3) is 0.435. The van der Waals surface area contributed by atoms with E-state index in [4.69, 9.17) is 0 Å². The van der Waals surface area contributed by atoms with Crippen LogP contribution in [0.15, 0.2) is 42.5 Å². The minimum absolute atomic E-state index is 0.156. The third-order valence-electron chi connectivity index (χ3n) is 5.87. The maximum atomic E-state index is 12.4. The molecule has 0 saturated carbocycles. The predicted molar refractivity (Wildman–Crippen MR) is 111 cm³/mol. The van der Waals surface area contributed by atoms with E-state index in [2.05, 4.69) is 39.8 Å². The maximum Gasteiger partial charge on any atom is 0.319 e. The van der Waals surface area contributed by atoms with Crippen molar-refractivity contribution in [3.05, 3.63) is 64.7 Å². The minimum Gasteiger partial charge on any atom is -0.393 e. The average molecular weight is 380 g/mol. The lowest BCUT2D eigenvalue weighted by atomic mass is 10.0. The van der Waals surface area contributed by atoms with Gasteiger partial charge >= 0.3 is 6.03 Å². The number of likely N-dealkylation sites (tertiary alicyclic amines) is 1. The van der Waals surface area contributed by atoms with Gasteiger partial charge in [0.1, 0.15) is 0 Å². The molecule has 4 rings (SSSR count). The first-order valence-corrected chi connectivity index (χ1v) is 10.3. The van der Waals surface area contributed by atoms with Crippen molar-refractivity contribution < 1.29 is 9.90 Å². The van der Waals surface area contributed by atoms with Gasteiger partial charge in [-0.15, -0.1) is 0 Å². The standard InChI is InChI=1S/C23H29N3O2/c27-22-10-12-26(13-11-22)16-20-5-2-1-4-19(20)15-24-23(28)25-21-9-8-17-6-3-7-18(17)14-21/h1-2,4-5,8-9,14,22,27H,3,6-7,10-13,15-16H2,(H2,24,25,28). The molecule has 2 aliphatic rings. The molecular weight excluding hydrogens is 350 g/mol. The number of aryl methyl sites for hydroxylation is 2. The van der Waals surface area contributed by atoms with Gasteiger partial charge in [-0.1, -0.05) is 30.3 Å². The van der Waals surface area contributed by atoms with Crippen LogP contribution in [-0.4, -0.2) is 35.2 Å². The number of fused-ring (bicyclic) bond motifs is 1. The number of carbonyl (C=O) groups is 1. The summed E-state index contributed by atoms with van der Waals surface area (Å²) in [6, 6.07) is 14.3. The van der Waals surface area contributed by atoms with Crippen LogP contribution < -0.4 is 10.6 Å². The molecule has 1 fully saturated rings. The lowest BCUT2D eigenvalue weighted by Gasteiger charge is -2.30. The number of rotatable bonds is 5.